The van der Waals surface area contributed by atoms with Gasteiger partial charge in [-0.05, 0) is 49.4 Å². The van der Waals surface area contributed by atoms with E-state index in [0.29, 0.717) is 18.1 Å². The molecule has 12 heteroatoms. The number of benzene rings is 3. The first-order chi connectivity index (χ1) is 17.3. The molecule has 3 rings (SSSR count). The van der Waals surface area contributed by atoms with E-state index in [2.05, 4.69) is 10.5 Å². The number of nitrogens with zero attached hydrogens (tertiary/aromatic N) is 3. The maximum Gasteiger partial charge on any atom is 0.270 e. The first kappa shape index (κ1) is 26.2. The van der Waals surface area contributed by atoms with Gasteiger partial charge in [0.15, 0.2) is 0 Å². The second-order valence-electron chi connectivity index (χ2n) is 7.23. The SMILES string of the molecule is CCOc1ccc(N(CC(=O)N/N=C\c2cc([N+](=O)[O-])ccc2OC)S(=O)(=O)c2ccccc2)cc1. The van der Waals surface area contributed by atoms with E-state index in [1.165, 1.54) is 55.8 Å². The summed E-state index contributed by atoms with van der Waals surface area (Å²) in [7, 11) is -2.70. The highest BCUT2D eigenvalue weighted by Gasteiger charge is 2.27. The molecule has 0 aliphatic rings. The van der Waals surface area contributed by atoms with Crippen molar-refractivity contribution in [2.45, 2.75) is 11.8 Å². The third-order valence-electron chi connectivity index (χ3n) is 4.87. The average Bonchev–Trinajstić information content (AvgIpc) is 2.88. The topological polar surface area (TPSA) is 140 Å². The number of non-ortho nitro benzene ring substituents is 1. The lowest BCUT2D eigenvalue weighted by Gasteiger charge is -2.24. The Balaban J connectivity index is 1.84. The van der Waals surface area contributed by atoms with E-state index >= 15 is 0 Å². The van der Waals surface area contributed by atoms with Gasteiger partial charge in [-0.3, -0.25) is 19.2 Å². The highest BCUT2D eigenvalue weighted by atomic mass is 32.2. The second-order valence-corrected chi connectivity index (χ2v) is 9.09. The number of carbonyl (C=O) groups excluding carboxylic acids is 1. The van der Waals surface area contributed by atoms with Crippen molar-refractivity contribution in [2.75, 3.05) is 24.6 Å². The number of hydrazone groups is 1. The Bertz CT molecular complexity index is 1340. The van der Waals surface area contributed by atoms with E-state index in [4.69, 9.17) is 9.47 Å². The molecule has 3 aromatic carbocycles. The zero-order valence-corrected chi connectivity index (χ0v) is 20.3. The first-order valence-corrected chi connectivity index (χ1v) is 12.1. The summed E-state index contributed by atoms with van der Waals surface area (Å²) in [4.78, 5) is 23.2. The lowest BCUT2D eigenvalue weighted by molar-refractivity contribution is -0.384. The number of nitro benzene ring substituents is 1. The smallest absolute Gasteiger partial charge is 0.270 e. The summed E-state index contributed by atoms with van der Waals surface area (Å²) in [5, 5.41) is 14.9. The fraction of sp³-hybridized carbons (Fsp3) is 0.167. The summed E-state index contributed by atoms with van der Waals surface area (Å²) < 4.78 is 38.2. The second kappa shape index (κ2) is 11.8. The Hall–Kier alpha value is -4.45. The van der Waals surface area contributed by atoms with Crippen LogP contribution in [0.25, 0.3) is 0 Å². The van der Waals surface area contributed by atoms with Crippen LogP contribution in [0.4, 0.5) is 11.4 Å². The predicted octanol–water partition coefficient (Wildman–Crippen LogP) is 3.35. The van der Waals surface area contributed by atoms with Crippen LogP contribution in [-0.2, 0) is 14.8 Å². The number of rotatable bonds is 11. The van der Waals surface area contributed by atoms with Crippen molar-refractivity contribution in [1.29, 1.82) is 0 Å². The lowest BCUT2D eigenvalue weighted by atomic mass is 10.2. The predicted molar refractivity (Wildman–Crippen MR) is 134 cm³/mol. The molecule has 0 bridgehead atoms. The van der Waals surface area contributed by atoms with Crippen molar-refractivity contribution in [3.05, 3.63) is 88.5 Å². The summed E-state index contributed by atoms with van der Waals surface area (Å²) in [5.41, 5.74) is 2.59. The van der Waals surface area contributed by atoms with Gasteiger partial charge in [-0.15, -0.1) is 0 Å². The average molecular weight is 513 g/mol. The Kier molecular flexibility index (Phi) is 8.57. The van der Waals surface area contributed by atoms with Gasteiger partial charge in [-0.1, -0.05) is 18.2 Å². The highest BCUT2D eigenvalue weighted by Crippen LogP contribution is 2.26. The molecule has 0 saturated carbocycles. The number of nitrogens with one attached hydrogen (secondary N) is 1. The Morgan fingerprint density at radius 2 is 1.81 bits per heavy atom. The van der Waals surface area contributed by atoms with Crippen LogP contribution >= 0.6 is 0 Å². The van der Waals surface area contributed by atoms with Gasteiger partial charge in [0.25, 0.3) is 21.6 Å². The van der Waals surface area contributed by atoms with Gasteiger partial charge in [0.1, 0.15) is 18.0 Å². The van der Waals surface area contributed by atoms with Crippen LogP contribution in [0.3, 0.4) is 0 Å². The van der Waals surface area contributed by atoms with E-state index < -0.39 is 27.4 Å². The monoisotopic (exact) mass is 512 g/mol. The normalized spacial score (nSPS) is 11.2. The van der Waals surface area contributed by atoms with Crippen LogP contribution in [0.2, 0.25) is 0 Å². The number of nitro groups is 1. The minimum absolute atomic E-state index is 0.0107. The zero-order valence-electron chi connectivity index (χ0n) is 19.5. The molecule has 1 N–H and O–H groups in total. The van der Waals surface area contributed by atoms with Crippen LogP contribution in [0, 0.1) is 10.1 Å². The number of ether oxygens (including phenoxy) is 2. The van der Waals surface area contributed by atoms with Gasteiger partial charge in [0.05, 0.1) is 35.4 Å². The molecular weight excluding hydrogens is 488 g/mol. The van der Waals surface area contributed by atoms with E-state index in [9.17, 15) is 23.3 Å². The molecule has 11 nitrogen and oxygen atoms in total. The number of methoxy groups -OCH3 is 1. The number of sulfonamides is 1. The molecule has 0 radical (unpaired) electrons. The first-order valence-electron chi connectivity index (χ1n) is 10.7. The summed E-state index contributed by atoms with van der Waals surface area (Å²) in [6, 6.07) is 17.9. The third kappa shape index (κ3) is 6.36. The van der Waals surface area contributed by atoms with E-state index in [-0.39, 0.29) is 21.8 Å². The maximum absolute atomic E-state index is 13.4. The number of hydrogen-bond donors (Lipinski definition) is 1. The molecule has 36 heavy (non-hydrogen) atoms. The minimum Gasteiger partial charge on any atom is -0.496 e. The van der Waals surface area contributed by atoms with Crippen molar-refractivity contribution in [2.24, 2.45) is 5.10 Å². The Morgan fingerprint density at radius 3 is 2.42 bits per heavy atom. The van der Waals surface area contributed by atoms with E-state index in [1.807, 2.05) is 6.92 Å². The molecule has 0 heterocycles. The molecule has 0 atom stereocenters. The Morgan fingerprint density at radius 1 is 1.11 bits per heavy atom. The van der Waals surface area contributed by atoms with Gasteiger partial charge < -0.3 is 9.47 Å². The van der Waals surface area contributed by atoms with Crippen molar-refractivity contribution in [3.8, 4) is 11.5 Å². The molecule has 0 aliphatic carbocycles. The minimum atomic E-state index is -4.09. The van der Waals surface area contributed by atoms with Crippen molar-refractivity contribution < 1.29 is 27.6 Å². The maximum atomic E-state index is 13.4. The summed E-state index contributed by atoms with van der Waals surface area (Å²) in [6.07, 6.45) is 1.18. The van der Waals surface area contributed by atoms with E-state index in [1.54, 1.807) is 30.3 Å². The fourth-order valence-electron chi connectivity index (χ4n) is 3.19. The zero-order chi connectivity index (χ0) is 26.1. The molecular formula is C24H24N4O7S. The van der Waals surface area contributed by atoms with Crippen LogP contribution in [-0.4, -0.2) is 45.7 Å². The summed E-state index contributed by atoms with van der Waals surface area (Å²) >= 11 is 0. The van der Waals surface area contributed by atoms with Crippen molar-refractivity contribution in [3.63, 3.8) is 0 Å². The van der Waals surface area contributed by atoms with Gasteiger partial charge in [-0.2, -0.15) is 5.10 Å². The van der Waals surface area contributed by atoms with E-state index in [0.717, 1.165) is 4.31 Å². The van der Waals surface area contributed by atoms with Crippen LogP contribution in [0.5, 0.6) is 11.5 Å². The Labute approximate surface area is 208 Å². The van der Waals surface area contributed by atoms with Crippen molar-refractivity contribution >= 4 is 33.5 Å². The summed E-state index contributed by atoms with van der Waals surface area (Å²) in [5.74, 6) is 0.128. The fourth-order valence-corrected chi connectivity index (χ4v) is 4.63. The molecule has 0 unspecified atom stereocenters. The van der Waals surface area contributed by atoms with Gasteiger partial charge in [-0.25, -0.2) is 13.8 Å². The molecule has 0 spiro atoms. The number of amides is 1. The van der Waals surface area contributed by atoms with Gasteiger partial charge in [0, 0.05) is 17.7 Å². The molecule has 0 aromatic heterocycles. The quantitative estimate of drug-likeness (QED) is 0.236. The largest absolute Gasteiger partial charge is 0.496 e. The van der Waals surface area contributed by atoms with Crippen LogP contribution in [0.1, 0.15) is 12.5 Å². The molecule has 0 fully saturated rings. The lowest BCUT2D eigenvalue weighted by Crippen LogP contribution is -2.39. The highest BCUT2D eigenvalue weighted by molar-refractivity contribution is 7.92. The summed E-state index contributed by atoms with van der Waals surface area (Å²) in [6.45, 7) is 1.70. The van der Waals surface area contributed by atoms with Crippen molar-refractivity contribution in [1.82, 2.24) is 5.43 Å². The van der Waals surface area contributed by atoms with Gasteiger partial charge in [0.2, 0.25) is 0 Å². The number of carbonyl (C=O) groups is 1. The number of hydrogen-bond acceptors (Lipinski definition) is 8. The molecule has 0 aliphatic heterocycles. The third-order valence-corrected chi connectivity index (χ3v) is 6.66. The molecule has 1 amide bonds. The molecule has 3 aromatic rings. The van der Waals surface area contributed by atoms with Crippen LogP contribution in [0.15, 0.2) is 82.8 Å². The standard InChI is InChI=1S/C24H24N4O7S/c1-3-35-21-12-9-19(10-13-21)27(36(32,33)22-7-5-4-6-8-22)17-24(29)26-25-16-18-15-20(28(30)31)11-14-23(18)34-2/h4-16H,3,17H2,1-2H3,(H,26,29)/b25-16-. The molecule has 188 valence electrons. The van der Waals surface area contributed by atoms with Gasteiger partial charge >= 0.3 is 0 Å². The molecule has 0 saturated heterocycles. The van der Waals surface area contributed by atoms with Crippen LogP contribution < -0.4 is 19.2 Å². The number of anilines is 1.